The molecule has 1 heterocycles. The van der Waals surface area contributed by atoms with Crippen molar-refractivity contribution in [1.82, 2.24) is 9.62 Å². The summed E-state index contributed by atoms with van der Waals surface area (Å²) >= 11 is 0. The molecule has 0 aliphatic carbocycles. The van der Waals surface area contributed by atoms with Crippen LogP contribution in [0, 0.1) is 5.92 Å². The number of carbonyl (C=O) groups is 2. The zero-order valence-electron chi connectivity index (χ0n) is 10.4. The van der Waals surface area contributed by atoms with Crippen molar-refractivity contribution in [3.8, 4) is 0 Å². The topological polar surface area (TPSA) is 104 Å². The molecule has 0 radical (unpaired) electrons. The van der Waals surface area contributed by atoms with Crippen molar-refractivity contribution < 1.29 is 23.1 Å². The molecule has 1 aliphatic heterocycles. The SMILES string of the molecule is C[C@@H](NC(=O)C1CCN(S(C)(=O)=O)CC1)C(=O)O. The first-order chi connectivity index (χ1) is 8.21. The van der Waals surface area contributed by atoms with Gasteiger partial charge in [-0.25, -0.2) is 12.7 Å². The van der Waals surface area contributed by atoms with Crippen LogP contribution >= 0.6 is 0 Å². The molecule has 0 aromatic carbocycles. The summed E-state index contributed by atoms with van der Waals surface area (Å²) in [5.41, 5.74) is 0. The van der Waals surface area contributed by atoms with Crippen molar-refractivity contribution in [3.05, 3.63) is 0 Å². The number of nitrogens with one attached hydrogen (secondary N) is 1. The molecule has 18 heavy (non-hydrogen) atoms. The number of sulfonamides is 1. The van der Waals surface area contributed by atoms with Gasteiger partial charge < -0.3 is 10.4 Å². The lowest BCUT2D eigenvalue weighted by Gasteiger charge is -2.29. The summed E-state index contributed by atoms with van der Waals surface area (Å²) in [6, 6.07) is -0.926. The first kappa shape index (κ1) is 14.9. The van der Waals surface area contributed by atoms with E-state index in [9.17, 15) is 18.0 Å². The van der Waals surface area contributed by atoms with E-state index in [-0.39, 0.29) is 11.8 Å². The molecule has 104 valence electrons. The number of nitrogens with zero attached hydrogens (tertiary/aromatic N) is 1. The minimum atomic E-state index is -3.20. The molecule has 8 heteroatoms. The predicted octanol–water partition coefficient (Wildman–Crippen LogP) is -0.753. The molecule has 0 spiro atoms. The molecule has 1 aliphatic rings. The Labute approximate surface area is 106 Å². The second-order valence-corrected chi connectivity index (χ2v) is 6.49. The van der Waals surface area contributed by atoms with Gasteiger partial charge in [-0.3, -0.25) is 9.59 Å². The highest BCUT2D eigenvalue weighted by Crippen LogP contribution is 2.19. The Hall–Kier alpha value is -1.15. The van der Waals surface area contributed by atoms with Gasteiger partial charge in [0.1, 0.15) is 6.04 Å². The van der Waals surface area contributed by atoms with E-state index in [0.29, 0.717) is 25.9 Å². The van der Waals surface area contributed by atoms with Gasteiger partial charge in [0.25, 0.3) is 0 Å². The zero-order chi connectivity index (χ0) is 13.9. The molecule has 7 nitrogen and oxygen atoms in total. The van der Waals surface area contributed by atoms with Crippen LogP contribution < -0.4 is 5.32 Å². The average molecular weight is 278 g/mol. The molecular formula is C10H18N2O5S. The fourth-order valence-corrected chi connectivity index (χ4v) is 2.72. The summed E-state index contributed by atoms with van der Waals surface area (Å²) in [6.07, 6.45) is 1.98. The monoisotopic (exact) mass is 278 g/mol. The minimum absolute atomic E-state index is 0.304. The van der Waals surface area contributed by atoms with Gasteiger partial charge in [0.2, 0.25) is 15.9 Å². The van der Waals surface area contributed by atoms with E-state index in [4.69, 9.17) is 5.11 Å². The molecule has 0 aromatic rings. The second kappa shape index (κ2) is 5.66. The molecule has 0 saturated carbocycles. The lowest BCUT2D eigenvalue weighted by Crippen LogP contribution is -2.46. The smallest absolute Gasteiger partial charge is 0.325 e. The molecule has 1 rings (SSSR count). The maximum absolute atomic E-state index is 11.7. The van der Waals surface area contributed by atoms with Crippen molar-refractivity contribution in [1.29, 1.82) is 0 Å². The normalized spacial score (nSPS) is 20.3. The third-order valence-corrected chi connectivity index (χ3v) is 4.33. The maximum atomic E-state index is 11.7. The minimum Gasteiger partial charge on any atom is -0.480 e. The lowest BCUT2D eigenvalue weighted by atomic mass is 9.97. The number of carboxylic acids is 1. The Morgan fingerprint density at radius 2 is 1.83 bits per heavy atom. The molecule has 2 N–H and O–H groups in total. The van der Waals surface area contributed by atoms with E-state index in [1.54, 1.807) is 0 Å². The van der Waals surface area contributed by atoms with E-state index in [0.717, 1.165) is 6.26 Å². The number of carbonyl (C=O) groups excluding carboxylic acids is 1. The third kappa shape index (κ3) is 3.95. The van der Waals surface area contributed by atoms with E-state index in [1.807, 2.05) is 0 Å². The van der Waals surface area contributed by atoms with E-state index in [1.165, 1.54) is 11.2 Å². The number of amides is 1. The van der Waals surface area contributed by atoms with Gasteiger partial charge in [0.05, 0.1) is 6.26 Å². The zero-order valence-corrected chi connectivity index (χ0v) is 11.2. The van der Waals surface area contributed by atoms with Gasteiger partial charge >= 0.3 is 5.97 Å². The maximum Gasteiger partial charge on any atom is 0.325 e. The van der Waals surface area contributed by atoms with Crippen LogP contribution in [0.3, 0.4) is 0 Å². The molecule has 1 saturated heterocycles. The summed E-state index contributed by atoms with van der Waals surface area (Å²) in [6.45, 7) is 2.00. The molecule has 1 fully saturated rings. The van der Waals surface area contributed by atoms with Gasteiger partial charge in [-0.15, -0.1) is 0 Å². The number of aliphatic carboxylic acids is 1. The van der Waals surface area contributed by atoms with E-state index in [2.05, 4.69) is 5.32 Å². The highest BCUT2D eigenvalue weighted by atomic mass is 32.2. The van der Waals surface area contributed by atoms with Gasteiger partial charge in [-0.05, 0) is 19.8 Å². The predicted molar refractivity (Wildman–Crippen MR) is 64.4 cm³/mol. The number of rotatable bonds is 4. The standard InChI is InChI=1S/C10H18N2O5S/c1-7(10(14)15)11-9(13)8-3-5-12(6-4-8)18(2,16)17/h7-8H,3-6H2,1-2H3,(H,11,13)(H,14,15)/t7-/m1/s1. The third-order valence-electron chi connectivity index (χ3n) is 3.02. The van der Waals surface area contributed by atoms with E-state index < -0.39 is 22.0 Å². The summed E-state index contributed by atoms with van der Waals surface area (Å²) in [7, 11) is -3.20. The largest absolute Gasteiger partial charge is 0.480 e. The van der Waals surface area contributed by atoms with Crippen molar-refractivity contribution in [2.45, 2.75) is 25.8 Å². The van der Waals surface area contributed by atoms with Crippen LogP contribution in [-0.2, 0) is 19.6 Å². The summed E-state index contributed by atoms with van der Waals surface area (Å²) in [5.74, 6) is -1.72. The molecule has 1 amide bonds. The van der Waals surface area contributed by atoms with Crippen LogP contribution in [0.2, 0.25) is 0 Å². The van der Waals surface area contributed by atoms with Crippen LogP contribution in [0.1, 0.15) is 19.8 Å². The summed E-state index contributed by atoms with van der Waals surface area (Å²) in [4.78, 5) is 22.3. The van der Waals surface area contributed by atoms with Gasteiger partial charge in [0, 0.05) is 19.0 Å². The Balaban J connectivity index is 2.48. The highest BCUT2D eigenvalue weighted by molar-refractivity contribution is 7.88. The van der Waals surface area contributed by atoms with Crippen LogP contribution in [0.15, 0.2) is 0 Å². The fourth-order valence-electron chi connectivity index (χ4n) is 1.84. The molecule has 0 aromatic heterocycles. The van der Waals surface area contributed by atoms with Gasteiger partial charge in [0.15, 0.2) is 0 Å². The van der Waals surface area contributed by atoms with Crippen LogP contribution in [0.5, 0.6) is 0 Å². The van der Waals surface area contributed by atoms with Crippen molar-refractivity contribution in [3.63, 3.8) is 0 Å². The Morgan fingerprint density at radius 3 is 2.22 bits per heavy atom. The highest BCUT2D eigenvalue weighted by Gasteiger charge is 2.30. The lowest BCUT2D eigenvalue weighted by molar-refractivity contribution is -0.142. The van der Waals surface area contributed by atoms with Crippen LogP contribution in [-0.4, -0.2) is 55.1 Å². The summed E-state index contributed by atoms with van der Waals surface area (Å²) < 4.78 is 23.9. The molecule has 0 unspecified atom stereocenters. The number of hydrogen-bond acceptors (Lipinski definition) is 4. The number of piperidine rings is 1. The Bertz CT molecular complexity index is 426. The van der Waals surface area contributed by atoms with E-state index >= 15 is 0 Å². The Kier molecular flexibility index (Phi) is 4.69. The molecule has 0 bridgehead atoms. The van der Waals surface area contributed by atoms with Crippen LogP contribution in [0.4, 0.5) is 0 Å². The van der Waals surface area contributed by atoms with Gasteiger partial charge in [-0.2, -0.15) is 0 Å². The molecule has 1 atom stereocenters. The van der Waals surface area contributed by atoms with Crippen molar-refractivity contribution in [2.75, 3.05) is 19.3 Å². The fraction of sp³-hybridized carbons (Fsp3) is 0.800. The Morgan fingerprint density at radius 1 is 1.33 bits per heavy atom. The van der Waals surface area contributed by atoms with Crippen molar-refractivity contribution in [2.24, 2.45) is 5.92 Å². The second-order valence-electron chi connectivity index (χ2n) is 4.50. The van der Waals surface area contributed by atoms with Gasteiger partial charge in [-0.1, -0.05) is 0 Å². The first-order valence-corrected chi connectivity index (χ1v) is 7.55. The van der Waals surface area contributed by atoms with Crippen LogP contribution in [0.25, 0.3) is 0 Å². The number of hydrogen-bond donors (Lipinski definition) is 2. The summed E-state index contributed by atoms with van der Waals surface area (Å²) in [5, 5.41) is 11.1. The number of carboxylic acid groups (broad SMARTS) is 1. The average Bonchev–Trinajstić information content (AvgIpc) is 2.27. The quantitative estimate of drug-likeness (QED) is 0.704. The molecular weight excluding hydrogens is 260 g/mol. The van der Waals surface area contributed by atoms with Crippen molar-refractivity contribution >= 4 is 21.9 Å². The first-order valence-electron chi connectivity index (χ1n) is 5.70.